The molecule has 1 aliphatic heterocycles. The van der Waals surface area contributed by atoms with E-state index in [4.69, 9.17) is 9.47 Å². The Balaban J connectivity index is 1.44. The number of ether oxygens (including phenoxy) is 2. The summed E-state index contributed by atoms with van der Waals surface area (Å²) in [5.74, 6) is 0.630. The van der Waals surface area contributed by atoms with Crippen LogP contribution in [0, 0.1) is 5.92 Å². The van der Waals surface area contributed by atoms with Crippen molar-refractivity contribution in [3.05, 3.63) is 59.7 Å². The molecule has 8 nitrogen and oxygen atoms in total. The van der Waals surface area contributed by atoms with Crippen LogP contribution in [0.25, 0.3) is 0 Å². The third-order valence-electron chi connectivity index (χ3n) is 7.90. The smallest absolute Gasteiger partial charge is 0.408 e. The highest BCUT2D eigenvalue weighted by Gasteiger charge is 2.41. The van der Waals surface area contributed by atoms with E-state index in [0.717, 1.165) is 42.6 Å². The SMILES string of the molecule is COc1cc(CC2CCC(c3ccccc3)(N(C)C)CC2)cc(O[C@H]2C[C@@H](C(=O)O)N(C(=O)O)C2)c1. The molecule has 0 radical (unpaired) electrons. The Labute approximate surface area is 212 Å². The van der Waals surface area contributed by atoms with Crippen LogP contribution in [0.1, 0.15) is 43.2 Å². The molecule has 1 saturated heterocycles. The molecule has 1 heterocycles. The van der Waals surface area contributed by atoms with Gasteiger partial charge in [-0.3, -0.25) is 9.80 Å². The highest BCUT2D eigenvalue weighted by molar-refractivity contribution is 5.80. The number of carboxylic acid groups (broad SMARTS) is 2. The van der Waals surface area contributed by atoms with E-state index in [1.165, 1.54) is 5.56 Å². The fourth-order valence-corrected chi connectivity index (χ4v) is 5.89. The minimum Gasteiger partial charge on any atom is -0.497 e. The largest absolute Gasteiger partial charge is 0.497 e. The Bertz CT molecular complexity index is 1040. The van der Waals surface area contributed by atoms with Crippen molar-refractivity contribution >= 4 is 12.1 Å². The molecule has 2 aliphatic rings. The van der Waals surface area contributed by atoms with Gasteiger partial charge < -0.3 is 19.7 Å². The number of hydrogen-bond acceptors (Lipinski definition) is 5. The Kier molecular flexibility index (Phi) is 7.73. The first-order valence-electron chi connectivity index (χ1n) is 12.5. The molecule has 2 N–H and O–H groups in total. The third kappa shape index (κ3) is 5.43. The molecule has 36 heavy (non-hydrogen) atoms. The van der Waals surface area contributed by atoms with Gasteiger partial charge in [-0.25, -0.2) is 9.59 Å². The van der Waals surface area contributed by atoms with Crippen LogP contribution in [-0.4, -0.2) is 72.0 Å². The van der Waals surface area contributed by atoms with Gasteiger partial charge in [0.05, 0.1) is 13.7 Å². The number of methoxy groups -OCH3 is 1. The molecule has 0 bridgehead atoms. The summed E-state index contributed by atoms with van der Waals surface area (Å²) in [6.45, 7) is 0.0214. The van der Waals surface area contributed by atoms with E-state index in [1.807, 2.05) is 12.1 Å². The number of carboxylic acids is 1. The van der Waals surface area contributed by atoms with E-state index >= 15 is 0 Å². The summed E-state index contributed by atoms with van der Waals surface area (Å²) < 4.78 is 11.6. The summed E-state index contributed by atoms with van der Waals surface area (Å²) in [4.78, 5) is 26.2. The van der Waals surface area contributed by atoms with E-state index in [-0.39, 0.29) is 18.5 Å². The molecule has 0 spiro atoms. The topological polar surface area (TPSA) is 99.5 Å². The number of rotatable bonds is 8. The first-order valence-corrected chi connectivity index (χ1v) is 12.5. The third-order valence-corrected chi connectivity index (χ3v) is 7.90. The molecule has 194 valence electrons. The van der Waals surface area contributed by atoms with Gasteiger partial charge in [0.15, 0.2) is 0 Å². The van der Waals surface area contributed by atoms with Gasteiger partial charge >= 0.3 is 12.1 Å². The van der Waals surface area contributed by atoms with Crippen LogP contribution in [0.3, 0.4) is 0 Å². The lowest BCUT2D eigenvalue weighted by molar-refractivity contribution is -0.141. The van der Waals surface area contributed by atoms with Gasteiger partial charge in [-0.05, 0) is 75.4 Å². The Hall–Kier alpha value is -3.26. The van der Waals surface area contributed by atoms with Crippen molar-refractivity contribution < 1.29 is 29.3 Å². The number of amides is 1. The summed E-state index contributed by atoms with van der Waals surface area (Å²) in [5.41, 5.74) is 2.53. The van der Waals surface area contributed by atoms with Crippen LogP contribution < -0.4 is 9.47 Å². The first-order chi connectivity index (χ1) is 17.2. The van der Waals surface area contributed by atoms with Crippen molar-refractivity contribution in [1.29, 1.82) is 0 Å². The predicted octanol–water partition coefficient (Wildman–Crippen LogP) is 4.47. The number of benzene rings is 2. The van der Waals surface area contributed by atoms with Crippen LogP contribution in [0.15, 0.2) is 48.5 Å². The van der Waals surface area contributed by atoms with Gasteiger partial charge in [-0.2, -0.15) is 0 Å². The Morgan fingerprint density at radius 1 is 1.06 bits per heavy atom. The summed E-state index contributed by atoms with van der Waals surface area (Å²) in [6.07, 6.45) is 3.63. The van der Waals surface area contributed by atoms with Crippen LogP contribution in [0.5, 0.6) is 11.5 Å². The van der Waals surface area contributed by atoms with Gasteiger partial charge in [0.25, 0.3) is 0 Å². The average molecular weight is 497 g/mol. The van der Waals surface area contributed by atoms with Crippen molar-refractivity contribution in [1.82, 2.24) is 9.80 Å². The van der Waals surface area contributed by atoms with Gasteiger partial charge in [-0.1, -0.05) is 30.3 Å². The van der Waals surface area contributed by atoms with E-state index in [2.05, 4.69) is 49.3 Å². The molecule has 0 unspecified atom stereocenters. The van der Waals surface area contributed by atoms with Crippen LogP contribution in [0.2, 0.25) is 0 Å². The normalized spacial score (nSPS) is 26.1. The Morgan fingerprint density at radius 2 is 1.72 bits per heavy atom. The van der Waals surface area contributed by atoms with Crippen LogP contribution in [-0.2, 0) is 16.8 Å². The molecule has 2 fully saturated rings. The second-order valence-corrected chi connectivity index (χ2v) is 10.2. The highest BCUT2D eigenvalue weighted by Crippen LogP contribution is 2.44. The van der Waals surface area contributed by atoms with E-state index < -0.39 is 24.2 Å². The zero-order chi connectivity index (χ0) is 25.9. The van der Waals surface area contributed by atoms with Gasteiger partial charge in [-0.15, -0.1) is 0 Å². The second kappa shape index (κ2) is 10.8. The Morgan fingerprint density at radius 3 is 2.28 bits per heavy atom. The average Bonchev–Trinajstić information content (AvgIpc) is 3.29. The minimum absolute atomic E-state index is 0.0214. The fourth-order valence-electron chi connectivity index (χ4n) is 5.89. The summed E-state index contributed by atoms with van der Waals surface area (Å²) >= 11 is 0. The zero-order valence-corrected chi connectivity index (χ0v) is 21.2. The number of carbonyl (C=O) groups is 2. The molecule has 2 atom stereocenters. The van der Waals surface area contributed by atoms with Crippen molar-refractivity contribution in [3.63, 3.8) is 0 Å². The number of aliphatic carboxylic acids is 1. The van der Waals surface area contributed by atoms with E-state index in [9.17, 15) is 19.8 Å². The van der Waals surface area contributed by atoms with Gasteiger partial charge in [0, 0.05) is 18.0 Å². The van der Waals surface area contributed by atoms with Crippen LogP contribution in [0.4, 0.5) is 4.79 Å². The van der Waals surface area contributed by atoms with E-state index in [1.54, 1.807) is 13.2 Å². The van der Waals surface area contributed by atoms with Crippen molar-refractivity contribution in [2.75, 3.05) is 27.7 Å². The molecular formula is C28H36N2O6. The number of nitrogens with zero attached hydrogens (tertiary/aromatic N) is 2. The monoisotopic (exact) mass is 496 g/mol. The first kappa shape index (κ1) is 25.8. The van der Waals surface area contributed by atoms with Gasteiger partial charge in [0.2, 0.25) is 0 Å². The summed E-state index contributed by atoms with van der Waals surface area (Å²) in [6, 6.07) is 15.4. The number of likely N-dealkylation sites (tertiary alicyclic amines) is 1. The lowest BCUT2D eigenvalue weighted by Gasteiger charge is -2.45. The molecular weight excluding hydrogens is 460 g/mol. The molecule has 8 heteroatoms. The molecule has 2 aromatic carbocycles. The zero-order valence-electron chi connectivity index (χ0n) is 21.2. The summed E-state index contributed by atoms with van der Waals surface area (Å²) in [7, 11) is 5.95. The standard InChI is InChI=1S/C28H36N2O6/c1-29(2)28(21-7-5-4-6-8-21)11-9-19(10-12-28)13-20-14-22(35-3)16-23(15-20)36-24-17-25(26(31)32)30(18-24)27(33)34/h4-8,14-16,19,24-25H,9-13,17-18H2,1-3H3,(H,31,32)(H,33,34)/t19?,24-,25-,28?/m0/s1. The quantitative estimate of drug-likeness (QED) is 0.556. The van der Waals surface area contributed by atoms with E-state index in [0.29, 0.717) is 17.4 Å². The molecule has 0 aromatic heterocycles. The maximum atomic E-state index is 11.5. The summed E-state index contributed by atoms with van der Waals surface area (Å²) in [5, 5.41) is 18.7. The second-order valence-electron chi connectivity index (χ2n) is 10.2. The molecule has 1 aliphatic carbocycles. The molecule has 4 rings (SSSR count). The maximum absolute atomic E-state index is 11.5. The van der Waals surface area contributed by atoms with Crippen molar-refractivity contribution in [3.8, 4) is 11.5 Å². The molecule has 1 amide bonds. The van der Waals surface area contributed by atoms with Crippen molar-refractivity contribution in [2.45, 2.75) is 56.2 Å². The fraction of sp³-hybridized carbons (Fsp3) is 0.500. The lowest BCUT2D eigenvalue weighted by Crippen LogP contribution is -2.44. The molecule has 2 aromatic rings. The lowest BCUT2D eigenvalue weighted by atomic mass is 9.70. The minimum atomic E-state index is -1.25. The van der Waals surface area contributed by atoms with Gasteiger partial charge in [0.1, 0.15) is 23.6 Å². The molecule has 1 saturated carbocycles. The van der Waals surface area contributed by atoms with Crippen molar-refractivity contribution in [2.24, 2.45) is 5.92 Å². The van der Waals surface area contributed by atoms with Crippen LogP contribution >= 0.6 is 0 Å². The predicted molar refractivity (Wildman–Crippen MR) is 136 cm³/mol. The number of hydrogen-bond donors (Lipinski definition) is 2. The maximum Gasteiger partial charge on any atom is 0.408 e. The highest BCUT2D eigenvalue weighted by atomic mass is 16.5.